The number of anilines is 1. The zero-order valence-electron chi connectivity index (χ0n) is 10.1. The minimum Gasteiger partial charge on any atom is -0.326 e. The van der Waals surface area contributed by atoms with Crippen LogP contribution in [0, 0.1) is 12.8 Å². The lowest BCUT2D eigenvalue weighted by molar-refractivity contribution is -0.116. The maximum atomic E-state index is 11.8. The van der Waals surface area contributed by atoms with E-state index < -0.39 is 9.84 Å². The summed E-state index contributed by atoms with van der Waals surface area (Å²) in [5, 5.41) is 3.96. The summed E-state index contributed by atoms with van der Waals surface area (Å²) in [6.07, 6.45) is 1.79. The van der Waals surface area contributed by atoms with Crippen molar-refractivity contribution in [1.29, 1.82) is 0 Å². The number of amides is 1. The smallest absolute Gasteiger partial charge is 0.224 e. The van der Waals surface area contributed by atoms with Crippen LogP contribution in [0.2, 0.25) is 0 Å². The number of carbonyl (C=O) groups is 1. The predicted molar refractivity (Wildman–Crippen MR) is 70.8 cm³/mol. The van der Waals surface area contributed by atoms with Gasteiger partial charge in [-0.05, 0) is 24.6 Å². The number of aryl methyl sites for hydroxylation is 1. The summed E-state index contributed by atoms with van der Waals surface area (Å²) in [5.74, 6) is -0.332. The third-order valence-electron chi connectivity index (χ3n) is 2.75. The van der Waals surface area contributed by atoms with E-state index in [0.717, 1.165) is 11.3 Å². The summed E-state index contributed by atoms with van der Waals surface area (Å²) in [6, 6.07) is 7.50. The maximum absolute atomic E-state index is 11.8. The third kappa shape index (κ3) is 3.43. The van der Waals surface area contributed by atoms with E-state index in [-0.39, 0.29) is 24.0 Å². The number of allylic oxidation sites excluding steroid dienone is 1. The molecule has 4 nitrogen and oxygen atoms in total. The summed E-state index contributed by atoms with van der Waals surface area (Å²) in [6.45, 7) is 1.95. The first kappa shape index (κ1) is 12.8. The molecule has 0 radical (unpaired) electrons. The molecule has 0 saturated heterocycles. The summed E-state index contributed by atoms with van der Waals surface area (Å²) in [4.78, 5) is 11.8. The maximum Gasteiger partial charge on any atom is 0.224 e. The second-order valence-corrected chi connectivity index (χ2v) is 6.47. The average molecular weight is 265 g/mol. The van der Waals surface area contributed by atoms with Crippen molar-refractivity contribution in [3.63, 3.8) is 0 Å². The normalized spacial score (nSPS) is 20.8. The van der Waals surface area contributed by atoms with Crippen molar-refractivity contribution in [2.75, 3.05) is 11.1 Å². The van der Waals surface area contributed by atoms with Crippen LogP contribution in [-0.4, -0.2) is 20.1 Å². The van der Waals surface area contributed by atoms with Gasteiger partial charge in [0.25, 0.3) is 0 Å². The lowest BCUT2D eigenvalue weighted by atomic mass is 10.1. The Bertz CT molecular complexity index is 590. The lowest BCUT2D eigenvalue weighted by Gasteiger charge is -2.08. The van der Waals surface area contributed by atoms with Gasteiger partial charge in [0.15, 0.2) is 9.84 Å². The van der Waals surface area contributed by atoms with Crippen LogP contribution < -0.4 is 5.32 Å². The number of hydrogen-bond acceptors (Lipinski definition) is 3. The minimum absolute atomic E-state index is 0.0359. The molecule has 2 rings (SSSR count). The van der Waals surface area contributed by atoms with Crippen LogP contribution in [-0.2, 0) is 14.6 Å². The summed E-state index contributed by atoms with van der Waals surface area (Å²) in [7, 11) is -3.08. The molecule has 0 saturated carbocycles. The van der Waals surface area contributed by atoms with E-state index in [1.165, 1.54) is 5.41 Å². The molecule has 1 aromatic rings. The van der Waals surface area contributed by atoms with Crippen LogP contribution in [0.1, 0.15) is 12.0 Å². The first-order chi connectivity index (χ1) is 8.44. The Hall–Kier alpha value is -1.62. The molecular formula is C13H15NO3S. The van der Waals surface area contributed by atoms with Crippen molar-refractivity contribution in [2.45, 2.75) is 13.3 Å². The Balaban J connectivity index is 1.92. The van der Waals surface area contributed by atoms with Crippen molar-refractivity contribution in [3.05, 3.63) is 41.3 Å². The van der Waals surface area contributed by atoms with E-state index in [1.54, 1.807) is 6.08 Å². The van der Waals surface area contributed by atoms with Gasteiger partial charge in [-0.25, -0.2) is 8.42 Å². The Morgan fingerprint density at radius 2 is 2.22 bits per heavy atom. The summed E-state index contributed by atoms with van der Waals surface area (Å²) in [5.41, 5.74) is 1.81. The van der Waals surface area contributed by atoms with Gasteiger partial charge in [0.1, 0.15) is 0 Å². The Morgan fingerprint density at radius 1 is 1.44 bits per heavy atom. The Kier molecular flexibility index (Phi) is 3.52. The molecule has 0 aromatic heterocycles. The Labute approximate surface area is 107 Å². The molecule has 1 heterocycles. The molecule has 1 amide bonds. The number of rotatable bonds is 3. The molecule has 96 valence electrons. The highest BCUT2D eigenvalue weighted by Gasteiger charge is 2.23. The zero-order valence-corrected chi connectivity index (χ0v) is 10.9. The van der Waals surface area contributed by atoms with Crippen LogP contribution in [0.3, 0.4) is 0 Å². The largest absolute Gasteiger partial charge is 0.326 e. The molecule has 0 fully saturated rings. The molecule has 0 unspecified atom stereocenters. The molecule has 18 heavy (non-hydrogen) atoms. The van der Waals surface area contributed by atoms with Gasteiger partial charge in [0.05, 0.1) is 5.75 Å². The molecular weight excluding hydrogens is 250 g/mol. The van der Waals surface area contributed by atoms with Gasteiger partial charge in [-0.3, -0.25) is 4.79 Å². The predicted octanol–water partition coefficient (Wildman–Crippen LogP) is 1.88. The van der Waals surface area contributed by atoms with Crippen molar-refractivity contribution in [2.24, 2.45) is 5.92 Å². The van der Waals surface area contributed by atoms with Gasteiger partial charge in [0, 0.05) is 23.4 Å². The summed E-state index contributed by atoms with van der Waals surface area (Å²) < 4.78 is 22.4. The van der Waals surface area contributed by atoms with Crippen LogP contribution in [0.4, 0.5) is 5.69 Å². The van der Waals surface area contributed by atoms with E-state index in [2.05, 4.69) is 5.32 Å². The molecule has 0 aliphatic carbocycles. The van der Waals surface area contributed by atoms with E-state index in [1.807, 2.05) is 31.2 Å². The molecule has 0 bridgehead atoms. The quantitative estimate of drug-likeness (QED) is 0.907. The fourth-order valence-corrected chi connectivity index (χ4v) is 3.34. The van der Waals surface area contributed by atoms with Crippen molar-refractivity contribution in [1.82, 2.24) is 0 Å². The van der Waals surface area contributed by atoms with E-state index in [4.69, 9.17) is 0 Å². The highest BCUT2D eigenvalue weighted by molar-refractivity contribution is 7.94. The van der Waals surface area contributed by atoms with Crippen LogP contribution in [0.15, 0.2) is 35.7 Å². The van der Waals surface area contributed by atoms with Crippen LogP contribution >= 0.6 is 0 Å². The number of hydrogen-bond donors (Lipinski definition) is 1. The highest BCUT2D eigenvalue weighted by atomic mass is 32.2. The van der Waals surface area contributed by atoms with E-state index in [0.29, 0.717) is 0 Å². The van der Waals surface area contributed by atoms with Gasteiger partial charge >= 0.3 is 0 Å². The topological polar surface area (TPSA) is 63.2 Å². The fourth-order valence-electron chi connectivity index (χ4n) is 1.94. The van der Waals surface area contributed by atoms with Crippen LogP contribution in [0.5, 0.6) is 0 Å². The molecule has 1 aromatic carbocycles. The molecule has 0 spiro atoms. The van der Waals surface area contributed by atoms with Gasteiger partial charge in [-0.1, -0.05) is 18.2 Å². The first-order valence-corrected chi connectivity index (χ1v) is 7.44. The van der Waals surface area contributed by atoms with Crippen molar-refractivity contribution < 1.29 is 13.2 Å². The molecule has 1 atom stereocenters. The fraction of sp³-hybridized carbons (Fsp3) is 0.308. The molecule has 5 heteroatoms. The van der Waals surface area contributed by atoms with E-state index in [9.17, 15) is 13.2 Å². The molecule has 1 aliphatic heterocycles. The van der Waals surface area contributed by atoms with E-state index >= 15 is 0 Å². The summed E-state index contributed by atoms with van der Waals surface area (Å²) >= 11 is 0. The van der Waals surface area contributed by atoms with Gasteiger partial charge in [0.2, 0.25) is 5.91 Å². The monoisotopic (exact) mass is 265 g/mol. The van der Waals surface area contributed by atoms with Gasteiger partial charge in [-0.15, -0.1) is 0 Å². The molecule has 1 aliphatic rings. The second kappa shape index (κ2) is 4.94. The van der Waals surface area contributed by atoms with Crippen molar-refractivity contribution in [3.8, 4) is 0 Å². The van der Waals surface area contributed by atoms with Gasteiger partial charge in [-0.2, -0.15) is 0 Å². The second-order valence-electron chi connectivity index (χ2n) is 4.54. The lowest BCUT2D eigenvalue weighted by Crippen LogP contribution is -2.17. The number of benzene rings is 1. The highest BCUT2D eigenvalue weighted by Crippen LogP contribution is 2.19. The number of nitrogens with one attached hydrogen (secondary N) is 1. The SMILES string of the molecule is Cc1cccc(NC(=O)C[C@H]2C=CS(=O)(=O)C2)c1. The zero-order chi connectivity index (χ0) is 13.2. The standard InChI is InChI=1S/C13H15NO3S/c1-10-3-2-4-12(7-10)14-13(15)8-11-5-6-18(16,17)9-11/h2-7,11H,8-9H2,1H3,(H,14,15)/t11-/m1/s1. The average Bonchev–Trinajstić information content (AvgIpc) is 2.57. The number of sulfone groups is 1. The molecule has 1 N–H and O–H groups in total. The Morgan fingerprint density at radius 3 is 2.83 bits per heavy atom. The third-order valence-corrected chi connectivity index (χ3v) is 4.22. The van der Waals surface area contributed by atoms with Gasteiger partial charge < -0.3 is 5.32 Å². The van der Waals surface area contributed by atoms with Crippen LogP contribution in [0.25, 0.3) is 0 Å². The number of carbonyl (C=O) groups excluding carboxylic acids is 1. The first-order valence-electron chi connectivity index (χ1n) is 5.72. The van der Waals surface area contributed by atoms with Crippen molar-refractivity contribution >= 4 is 21.4 Å². The minimum atomic E-state index is -3.08.